The van der Waals surface area contributed by atoms with Crippen LogP contribution in [0.25, 0.3) is 0 Å². The molecule has 6 heteroatoms. The molecule has 2 aliphatic rings. The number of rotatable bonds is 4. The predicted octanol–water partition coefficient (Wildman–Crippen LogP) is 0.496. The Balaban J connectivity index is 2.01. The highest BCUT2D eigenvalue weighted by molar-refractivity contribution is 7.91. The molecule has 2 atom stereocenters. The van der Waals surface area contributed by atoms with Gasteiger partial charge in [-0.3, -0.25) is 9.69 Å². The van der Waals surface area contributed by atoms with Crippen LogP contribution in [0.3, 0.4) is 0 Å². The monoisotopic (exact) mass is 298 g/mol. The van der Waals surface area contributed by atoms with Gasteiger partial charge in [-0.05, 0) is 32.9 Å². The maximum atomic E-state index is 11.8. The lowest BCUT2D eigenvalue weighted by atomic mass is 10.1. The van der Waals surface area contributed by atoms with Crippen LogP contribution in [0.4, 0.5) is 0 Å². The van der Waals surface area contributed by atoms with Crippen molar-refractivity contribution < 1.29 is 13.2 Å². The summed E-state index contributed by atoms with van der Waals surface area (Å²) in [5, 5.41) is 2.84. The van der Waals surface area contributed by atoms with Gasteiger partial charge in [0.05, 0.1) is 17.5 Å². The average molecular weight is 298 g/mol. The molecule has 2 heterocycles. The number of carbonyl (C=O) groups is 1. The van der Waals surface area contributed by atoms with Crippen LogP contribution < -0.4 is 5.32 Å². The van der Waals surface area contributed by atoms with E-state index in [0.717, 1.165) is 25.9 Å². The van der Waals surface area contributed by atoms with Crippen molar-refractivity contribution in [3.63, 3.8) is 0 Å². The molecule has 2 rings (SSSR count). The number of nitrogens with zero attached hydrogens (tertiary/aromatic N) is 1. The van der Waals surface area contributed by atoms with Gasteiger partial charge in [0, 0.05) is 12.1 Å². The molecule has 0 aromatic rings. The van der Waals surface area contributed by atoms with E-state index in [4.69, 9.17) is 0 Å². The van der Waals surface area contributed by atoms with E-state index >= 15 is 0 Å². The van der Waals surface area contributed by atoms with Crippen LogP contribution in [0.15, 0.2) is 24.3 Å². The third-order valence-corrected chi connectivity index (χ3v) is 5.53. The first-order valence-electron chi connectivity index (χ1n) is 7.06. The Hall–Kier alpha value is -1.14. The lowest BCUT2D eigenvalue weighted by Gasteiger charge is -2.28. The maximum absolute atomic E-state index is 11.8. The Morgan fingerprint density at radius 2 is 1.90 bits per heavy atom. The van der Waals surface area contributed by atoms with Crippen LogP contribution in [0.2, 0.25) is 0 Å². The summed E-state index contributed by atoms with van der Waals surface area (Å²) in [7, 11) is -3.05. The van der Waals surface area contributed by atoms with E-state index < -0.39 is 9.84 Å². The van der Waals surface area contributed by atoms with Crippen molar-refractivity contribution in [2.45, 2.75) is 31.8 Å². The molecule has 0 spiro atoms. The Labute approximate surface area is 120 Å². The number of likely N-dealkylation sites (tertiary alicyclic amines) is 1. The van der Waals surface area contributed by atoms with Gasteiger partial charge in [0.15, 0.2) is 9.84 Å². The number of allylic oxidation sites excluding steroid dienone is 3. The first-order chi connectivity index (χ1) is 9.52. The van der Waals surface area contributed by atoms with E-state index in [1.165, 1.54) is 6.08 Å². The van der Waals surface area contributed by atoms with Crippen molar-refractivity contribution in [3.05, 3.63) is 24.3 Å². The molecule has 0 aromatic carbocycles. The van der Waals surface area contributed by atoms with Crippen LogP contribution in [0.1, 0.15) is 19.8 Å². The fourth-order valence-electron chi connectivity index (χ4n) is 2.88. The minimum atomic E-state index is -3.05. The number of carbonyl (C=O) groups excluding carboxylic acids is 1. The van der Waals surface area contributed by atoms with Gasteiger partial charge in [-0.25, -0.2) is 8.42 Å². The highest BCUT2D eigenvalue weighted by Gasteiger charge is 2.42. The van der Waals surface area contributed by atoms with E-state index in [9.17, 15) is 13.2 Å². The summed E-state index contributed by atoms with van der Waals surface area (Å²) in [6.45, 7) is 3.73. The molecule has 1 N–H and O–H groups in total. The van der Waals surface area contributed by atoms with E-state index in [1.54, 1.807) is 12.2 Å². The quantitative estimate of drug-likeness (QED) is 0.606. The Bertz CT molecular complexity index is 505. The van der Waals surface area contributed by atoms with Crippen molar-refractivity contribution >= 4 is 15.7 Å². The van der Waals surface area contributed by atoms with Gasteiger partial charge in [-0.2, -0.15) is 0 Å². The molecule has 2 fully saturated rings. The molecule has 2 aliphatic heterocycles. The Morgan fingerprint density at radius 1 is 1.20 bits per heavy atom. The van der Waals surface area contributed by atoms with E-state index in [-0.39, 0.29) is 29.5 Å². The first-order valence-corrected chi connectivity index (χ1v) is 8.88. The minimum Gasteiger partial charge on any atom is -0.347 e. The molecule has 0 aliphatic carbocycles. The average Bonchev–Trinajstić information content (AvgIpc) is 2.97. The molecule has 0 saturated carbocycles. The van der Waals surface area contributed by atoms with Gasteiger partial charge in [-0.15, -0.1) is 0 Å². The molecule has 1 amide bonds. The highest BCUT2D eigenvalue weighted by atomic mass is 32.2. The molecule has 112 valence electrons. The molecule has 0 aromatic heterocycles. The molecule has 2 saturated heterocycles. The standard InChI is InChI=1S/C14H22N2O3S/c1-2-3-4-7-14(17)15-12-10-20(18,19)11-13(12)16-8-5-6-9-16/h2-4,7,12-13H,5-6,8-11H2,1H3,(H,15,17)/b3-2+,7-4+. The van der Waals surface area contributed by atoms with Crippen LogP contribution in [0.5, 0.6) is 0 Å². The number of sulfone groups is 1. The van der Waals surface area contributed by atoms with E-state index in [1.807, 2.05) is 13.0 Å². The van der Waals surface area contributed by atoms with E-state index in [2.05, 4.69) is 10.2 Å². The van der Waals surface area contributed by atoms with Crippen LogP contribution in [-0.4, -0.2) is 55.9 Å². The number of amides is 1. The summed E-state index contributed by atoms with van der Waals surface area (Å²) in [6, 6.07) is -0.359. The summed E-state index contributed by atoms with van der Waals surface area (Å²) in [6.07, 6.45) is 8.91. The van der Waals surface area contributed by atoms with Crippen molar-refractivity contribution in [1.29, 1.82) is 0 Å². The van der Waals surface area contributed by atoms with Gasteiger partial charge in [0.2, 0.25) is 5.91 Å². The molecule has 2 unspecified atom stereocenters. The zero-order valence-electron chi connectivity index (χ0n) is 11.8. The smallest absolute Gasteiger partial charge is 0.244 e. The fraction of sp³-hybridized carbons (Fsp3) is 0.643. The molecule has 0 bridgehead atoms. The third kappa shape index (κ3) is 3.93. The second-order valence-electron chi connectivity index (χ2n) is 5.39. The van der Waals surface area contributed by atoms with Gasteiger partial charge >= 0.3 is 0 Å². The van der Waals surface area contributed by atoms with Gasteiger partial charge < -0.3 is 5.32 Å². The lowest BCUT2D eigenvalue weighted by molar-refractivity contribution is -0.117. The summed E-state index contributed by atoms with van der Waals surface area (Å²) < 4.78 is 23.7. The topological polar surface area (TPSA) is 66.5 Å². The minimum absolute atomic E-state index is 0.0529. The van der Waals surface area contributed by atoms with Gasteiger partial charge in [-0.1, -0.05) is 18.2 Å². The van der Waals surface area contributed by atoms with Crippen molar-refractivity contribution in [3.8, 4) is 0 Å². The zero-order chi connectivity index (χ0) is 14.6. The SMILES string of the molecule is C/C=C/C=C/C(=O)NC1CS(=O)(=O)CC1N1CCCC1. The van der Waals surface area contributed by atoms with Crippen LogP contribution >= 0.6 is 0 Å². The summed E-state index contributed by atoms with van der Waals surface area (Å²) >= 11 is 0. The summed E-state index contributed by atoms with van der Waals surface area (Å²) in [5.41, 5.74) is 0. The molecule has 5 nitrogen and oxygen atoms in total. The second-order valence-corrected chi connectivity index (χ2v) is 7.54. The maximum Gasteiger partial charge on any atom is 0.244 e. The molecular weight excluding hydrogens is 276 g/mol. The zero-order valence-corrected chi connectivity index (χ0v) is 12.6. The van der Waals surface area contributed by atoms with Gasteiger partial charge in [0.25, 0.3) is 0 Å². The largest absolute Gasteiger partial charge is 0.347 e. The second kappa shape index (κ2) is 6.54. The number of nitrogens with one attached hydrogen (secondary N) is 1. The Kier molecular flexibility index (Phi) is 4.99. The van der Waals surface area contributed by atoms with Crippen molar-refractivity contribution in [2.75, 3.05) is 24.6 Å². The fourth-order valence-corrected chi connectivity index (χ4v) is 4.84. The number of hydrogen-bond acceptors (Lipinski definition) is 4. The van der Waals surface area contributed by atoms with Gasteiger partial charge in [0.1, 0.15) is 0 Å². The first kappa shape index (κ1) is 15.3. The molecule has 0 radical (unpaired) electrons. The van der Waals surface area contributed by atoms with Crippen molar-refractivity contribution in [2.24, 2.45) is 0 Å². The summed E-state index contributed by atoms with van der Waals surface area (Å²) in [4.78, 5) is 14.0. The molecule has 20 heavy (non-hydrogen) atoms. The third-order valence-electron chi connectivity index (χ3n) is 3.81. The highest BCUT2D eigenvalue weighted by Crippen LogP contribution is 2.22. The predicted molar refractivity (Wildman–Crippen MR) is 79.1 cm³/mol. The van der Waals surface area contributed by atoms with Crippen LogP contribution in [0, 0.1) is 0 Å². The normalized spacial score (nSPS) is 30.4. The van der Waals surface area contributed by atoms with E-state index in [0.29, 0.717) is 0 Å². The van der Waals surface area contributed by atoms with Crippen LogP contribution in [-0.2, 0) is 14.6 Å². The number of hydrogen-bond donors (Lipinski definition) is 1. The molecular formula is C14H22N2O3S. The lowest BCUT2D eigenvalue weighted by Crippen LogP contribution is -2.49. The van der Waals surface area contributed by atoms with Crippen molar-refractivity contribution in [1.82, 2.24) is 10.2 Å². The Morgan fingerprint density at radius 3 is 2.55 bits per heavy atom. The summed E-state index contributed by atoms with van der Waals surface area (Å²) in [5.74, 6) is -0.0113.